The normalized spacial score (nSPS) is 12.7. The Morgan fingerprint density at radius 2 is 2.05 bits per heavy atom. The summed E-state index contributed by atoms with van der Waals surface area (Å²) in [6, 6.07) is 7.30. The molecule has 1 aromatic rings. The molecule has 6 nitrogen and oxygen atoms in total. The highest BCUT2D eigenvalue weighted by Gasteiger charge is 2.15. The topological polar surface area (TPSA) is 78.9 Å². The summed E-state index contributed by atoms with van der Waals surface area (Å²) < 4.78 is 36.8. The van der Waals surface area contributed by atoms with Gasteiger partial charge >= 0.3 is 5.97 Å². The zero-order chi connectivity index (χ0) is 16.6. The molecule has 0 spiro atoms. The maximum Gasteiger partial charge on any atom is 0.347 e. The Hall–Kier alpha value is -1.60. The van der Waals surface area contributed by atoms with Crippen LogP contribution in [-0.2, 0) is 30.3 Å². The molecule has 0 amide bonds. The molecule has 0 bridgehead atoms. The average molecular weight is 330 g/mol. The van der Waals surface area contributed by atoms with E-state index in [1.807, 2.05) is 18.2 Å². The fraction of sp³-hybridized carbons (Fsp3) is 0.533. The summed E-state index contributed by atoms with van der Waals surface area (Å²) in [6.07, 6.45) is 1.58. The summed E-state index contributed by atoms with van der Waals surface area (Å²) in [5, 5.41) is 0. The molecule has 0 aliphatic carbocycles. The molecule has 0 aliphatic rings. The third kappa shape index (κ3) is 7.42. The highest BCUT2D eigenvalue weighted by molar-refractivity contribution is 7.85. The Morgan fingerprint density at radius 3 is 2.68 bits per heavy atom. The van der Waals surface area contributed by atoms with Crippen molar-refractivity contribution >= 4 is 16.1 Å². The van der Waals surface area contributed by atoms with Gasteiger partial charge < -0.3 is 9.47 Å². The molecule has 0 aliphatic heterocycles. The summed E-state index contributed by atoms with van der Waals surface area (Å²) in [6.45, 7) is 3.82. The monoisotopic (exact) mass is 330 g/mol. The van der Waals surface area contributed by atoms with Gasteiger partial charge in [-0.1, -0.05) is 12.1 Å². The minimum Gasteiger partial charge on any atom is -0.479 e. The summed E-state index contributed by atoms with van der Waals surface area (Å²) in [7, 11) is -3.39. The number of benzene rings is 1. The fourth-order valence-corrected chi connectivity index (χ4v) is 2.19. The van der Waals surface area contributed by atoms with Crippen molar-refractivity contribution in [1.82, 2.24) is 0 Å². The third-order valence-corrected chi connectivity index (χ3v) is 3.33. The Kier molecular flexibility index (Phi) is 7.34. The largest absolute Gasteiger partial charge is 0.479 e. The van der Waals surface area contributed by atoms with Crippen molar-refractivity contribution in [3.63, 3.8) is 0 Å². The summed E-state index contributed by atoms with van der Waals surface area (Å²) in [4.78, 5) is 11.5. The molecule has 22 heavy (non-hydrogen) atoms. The van der Waals surface area contributed by atoms with Gasteiger partial charge in [0.2, 0.25) is 0 Å². The number of hydrogen-bond donors (Lipinski definition) is 0. The molecule has 0 saturated heterocycles. The Bertz CT molecular complexity index is 581. The Balaban J connectivity index is 2.50. The molecule has 0 radical (unpaired) electrons. The van der Waals surface area contributed by atoms with Crippen molar-refractivity contribution in [2.45, 2.75) is 32.8 Å². The van der Waals surface area contributed by atoms with Crippen LogP contribution in [0.4, 0.5) is 0 Å². The van der Waals surface area contributed by atoms with Gasteiger partial charge in [-0.2, -0.15) is 8.42 Å². The molecule has 0 heterocycles. The van der Waals surface area contributed by atoms with E-state index in [1.165, 1.54) is 0 Å². The minimum absolute atomic E-state index is 0.142. The number of aryl methyl sites for hydroxylation is 1. The average Bonchev–Trinajstić information content (AvgIpc) is 2.43. The van der Waals surface area contributed by atoms with E-state index in [-0.39, 0.29) is 6.61 Å². The lowest BCUT2D eigenvalue weighted by Crippen LogP contribution is -2.26. The van der Waals surface area contributed by atoms with Crippen molar-refractivity contribution in [3.05, 3.63) is 29.8 Å². The second-order valence-electron chi connectivity index (χ2n) is 4.79. The van der Waals surface area contributed by atoms with E-state index in [4.69, 9.17) is 9.47 Å². The second-order valence-corrected chi connectivity index (χ2v) is 6.43. The molecule has 1 rings (SSSR count). The first-order chi connectivity index (χ1) is 10.3. The van der Waals surface area contributed by atoms with Gasteiger partial charge in [-0.3, -0.25) is 4.18 Å². The standard InChI is InChI=1S/C15H22O6S/c1-4-19-15(16)12(2)21-14-9-5-7-13(11-14)8-6-10-20-22(3,17)18/h5,7,9,11-12H,4,6,8,10H2,1-3H3. The van der Waals surface area contributed by atoms with Crippen molar-refractivity contribution in [2.75, 3.05) is 19.5 Å². The van der Waals surface area contributed by atoms with E-state index in [0.29, 0.717) is 25.2 Å². The van der Waals surface area contributed by atoms with Crippen LogP contribution in [-0.4, -0.2) is 40.0 Å². The van der Waals surface area contributed by atoms with Crippen LogP contribution in [0.1, 0.15) is 25.8 Å². The fourth-order valence-electron chi connectivity index (χ4n) is 1.77. The van der Waals surface area contributed by atoms with Crippen LogP contribution in [0.3, 0.4) is 0 Å². The first-order valence-corrected chi connectivity index (χ1v) is 8.90. The predicted molar refractivity (Wildman–Crippen MR) is 82.3 cm³/mol. The van der Waals surface area contributed by atoms with Gasteiger partial charge in [0.15, 0.2) is 6.10 Å². The van der Waals surface area contributed by atoms with Gasteiger partial charge in [-0.15, -0.1) is 0 Å². The molecule has 7 heteroatoms. The van der Waals surface area contributed by atoms with E-state index in [0.717, 1.165) is 11.8 Å². The van der Waals surface area contributed by atoms with Crippen LogP contribution in [0.15, 0.2) is 24.3 Å². The number of esters is 1. The number of rotatable bonds is 9. The minimum atomic E-state index is -3.39. The first kappa shape index (κ1) is 18.4. The lowest BCUT2D eigenvalue weighted by molar-refractivity contribution is -0.150. The molecule has 0 fully saturated rings. The van der Waals surface area contributed by atoms with E-state index < -0.39 is 22.2 Å². The van der Waals surface area contributed by atoms with Crippen molar-refractivity contribution in [1.29, 1.82) is 0 Å². The van der Waals surface area contributed by atoms with E-state index in [2.05, 4.69) is 4.18 Å². The van der Waals surface area contributed by atoms with Crippen LogP contribution in [0.2, 0.25) is 0 Å². The number of carbonyl (C=O) groups is 1. The van der Waals surface area contributed by atoms with Crippen molar-refractivity contribution in [2.24, 2.45) is 0 Å². The van der Waals surface area contributed by atoms with Crippen molar-refractivity contribution < 1.29 is 26.9 Å². The zero-order valence-electron chi connectivity index (χ0n) is 13.1. The van der Waals surface area contributed by atoms with Gasteiger partial charge in [-0.25, -0.2) is 4.79 Å². The van der Waals surface area contributed by atoms with Crippen LogP contribution in [0.25, 0.3) is 0 Å². The van der Waals surface area contributed by atoms with Crippen LogP contribution in [0, 0.1) is 0 Å². The molecule has 1 atom stereocenters. The van der Waals surface area contributed by atoms with Gasteiger partial charge in [0.1, 0.15) is 5.75 Å². The van der Waals surface area contributed by atoms with Crippen LogP contribution < -0.4 is 4.74 Å². The van der Waals surface area contributed by atoms with Crippen LogP contribution >= 0.6 is 0 Å². The summed E-state index contributed by atoms with van der Waals surface area (Å²) in [5.41, 5.74) is 0.977. The molecule has 1 aromatic carbocycles. The SMILES string of the molecule is CCOC(=O)C(C)Oc1cccc(CCCOS(C)(=O)=O)c1. The zero-order valence-corrected chi connectivity index (χ0v) is 13.9. The molecule has 1 unspecified atom stereocenters. The predicted octanol–water partition coefficient (Wildman–Crippen LogP) is 1.93. The summed E-state index contributed by atoms with van der Waals surface area (Å²) in [5.74, 6) is 0.163. The van der Waals surface area contributed by atoms with Gasteiger partial charge in [0, 0.05) is 0 Å². The number of hydrogen-bond acceptors (Lipinski definition) is 6. The van der Waals surface area contributed by atoms with Crippen LogP contribution in [0.5, 0.6) is 5.75 Å². The number of ether oxygens (including phenoxy) is 2. The van der Waals surface area contributed by atoms with Crippen molar-refractivity contribution in [3.8, 4) is 5.75 Å². The van der Waals surface area contributed by atoms with E-state index in [9.17, 15) is 13.2 Å². The summed E-state index contributed by atoms with van der Waals surface area (Å²) >= 11 is 0. The highest BCUT2D eigenvalue weighted by atomic mass is 32.2. The third-order valence-electron chi connectivity index (χ3n) is 2.74. The second kappa shape index (κ2) is 8.75. The first-order valence-electron chi connectivity index (χ1n) is 7.08. The molecular weight excluding hydrogens is 308 g/mol. The van der Waals surface area contributed by atoms with E-state index >= 15 is 0 Å². The smallest absolute Gasteiger partial charge is 0.347 e. The van der Waals surface area contributed by atoms with Gasteiger partial charge in [-0.05, 0) is 44.4 Å². The van der Waals surface area contributed by atoms with Gasteiger partial charge in [0.05, 0.1) is 19.5 Å². The quantitative estimate of drug-likeness (QED) is 0.391. The molecule has 0 aromatic heterocycles. The molecule has 0 N–H and O–H groups in total. The lowest BCUT2D eigenvalue weighted by Gasteiger charge is -2.14. The highest BCUT2D eigenvalue weighted by Crippen LogP contribution is 2.16. The Labute approximate surface area is 131 Å². The molecule has 124 valence electrons. The maximum absolute atomic E-state index is 11.5. The lowest BCUT2D eigenvalue weighted by atomic mass is 10.1. The Morgan fingerprint density at radius 1 is 1.32 bits per heavy atom. The van der Waals surface area contributed by atoms with E-state index in [1.54, 1.807) is 19.9 Å². The van der Waals surface area contributed by atoms with Gasteiger partial charge in [0.25, 0.3) is 10.1 Å². The number of carbonyl (C=O) groups excluding carboxylic acids is 1. The molecular formula is C15H22O6S. The molecule has 0 saturated carbocycles. The maximum atomic E-state index is 11.5.